The maximum atomic E-state index is 10.9. The first-order chi connectivity index (χ1) is 9.99. The highest BCUT2D eigenvalue weighted by atomic mass is 79.9. The van der Waals surface area contributed by atoms with Crippen LogP contribution in [0.2, 0.25) is 0 Å². The van der Waals surface area contributed by atoms with Crippen molar-refractivity contribution < 1.29 is 4.92 Å². The maximum absolute atomic E-state index is 10.9. The molecule has 0 aliphatic rings. The number of nitro groups is 1. The van der Waals surface area contributed by atoms with Crippen molar-refractivity contribution in [1.82, 2.24) is 0 Å². The van der Waals surface area contributed by atoms with Gasteiger partial charge in [-0.15, -0.1) is 0 Å². The van der Waals surface area contributed by atoms with Crippen LogP contribution in [0.3, 0.4) is 0 Å². The van der Waals surface area contributed by atoms with Crippen LogP contribution in [-0.4, -0.2) is 11.5 Å². The van der Waals surface area contributed by atoms with Crippen LogP contribution in [0.15, 0.2) is 46.9 Å². The summed E-state index contributed by atoms with van der Waals surface area (Å²) < 4.78 is 0.708. The second-order valence-corrected chi connectivity index (χ2v) is 5.92. The molecule has 0 aromatic heterocycles. The van der Waals surface area contributed by atoms with E-state index in [0.717, 1.165) is 12.2 Å². The SMILES string of the molecule is Cc1cc(NCC(C)c2ccccc2)c(Br)cc1[N+](=O)[O-]. The molecule has 0 spiro atoms. The first-order valence-electron chi connectivity index (χ1n) is 6.72. The largest absolute Gasteiger partial charge is 0.384 e. The molecule has 110 valence electrons. The van der Waals surface area contributed by atoms with Crippen molar-refractivity contribution in [2.24, 2.45) is 0 Å². The van der Waals surface area contributed by atoms with Crippen LogP contribution >= 0.6 is 15.9 Å². The van der Waals surface area contributed by atoms with Crippen molar-refractivity contribution >= 4 is 27.3 Å². The Balaban J connectivity index is 2.10. The standard InChI is InChI=1S/C16H17BrN2O2/c1-11-8-15(14(17)9-16(11)19(20)21)18-10-12(2)13-6-4-3-5-7-13/h3-9,12,18H,10H2,1-2H3. The summed E-state index contributed by atoms with van der Waals surface area (Å²) in [5, 5.41) is 14.2. The van der Waals surface area contributed by atoms with Gasteiger partial charge < -0.3 is 5.32 Å². The predicted octanol–water partition coefficient (Wildman–Crippen LogP) is 4.88. The third-order valence-electron chi connectivity index (χ3n) is 3.45. The zero-order valence-electron chi connectivity index (χ0n) is 12.0. The molecule has 2 rings (SSSR count). The molecule has 4 nitrogen and oxygen atoms in total. The summed E-state index contributed by atoms with van der Waals surface area (Å²) in [4.78, 5) is 10.5. The molecule has 0 saturated carbocycles. The lowest BCUT2D eigenvalue weighted by Crippen LogP contribution is -2.10. The highest BCUT2D eigenvalue weighted by Gasteiger charge is 2.14. The van der Waals surface area contributed by atoms with Crippen molar-refractivity contribution in [2.75, 3.05) is 11.9 Å². The molecule has 0 bridgehead atoms. The minimum atomic E-state index is -0.365. The van der Waals surface area contributed by atoms with Gasteiger partial charge in [-0.2, -0.15) is 0 Å². The Morgan fingerprint density at radius 3 is 2.57 bits per heavy atom. The molecule has 2 aromatic carbocycles. The van der Waals surface area contributed by atoms with E-state index in [9.17, 15) is 10.1 Å². The van der Waals surface area contributed by atoms with Gasteiger partial charge in [-0.3, -0.25) is 10.1 Å². The fraction of sp³-hybridized carbons (Fsp3) is 0.250. The average Bonchev–Trinajstić information content (AvgIpc) is 2.48. The quantitative estimate of drug-likeness (QED) is 0.618. The highest BCUT2D eigenvalue weighted by Crippen LogP contribution is 2.31. The summed E-state index contributed by atoms with van der Waals surface area (Å²) >= 11 is 3.39. The number of anilines is 1. The highest BCUT2D eigenvalue weighted by molar-refractivity contribution is 9.10. The normalized spacial score (nSPS) is 12.0. The van der Waals surface area contributed by atoms with Gasteiger partial charge in [-0.05, 0) is 40.4 Å². The molecular weight excluding hydrogens is 332 g/mol. The molecular formula is C16H17BrN2O2. The van der Waals surface area contributed by atoms with E-state index < -0.39 is 0 Å². The second-order valence-electron chi connectivity index (χ2n) is 5.07. The van der Waals surface area contributed by atoms with Crippen LogP contribution < -0.4 is 5.32 Å². The Morgan fingerprint density at radius 2 is 1.95 bits per heavy atom. The second kappa shape index (κ2) is 6.72. The van der Waals surface area contributed by atoms with E-state index in [4.69, 9.17) is 0 Å². The van der Waals surface area contributed by atoms with E-state index in [0.29, 0.717) is 16.0 Å². The number of hydrogen-bond donors (Lipinski definition) is 1. The van der Waals surface area contributed by atoms with Crippen LogP contribution in [-0.2, 0) is 0 Å². The van der Waals surface area contributed by atoms with E-state index in [1.54, 1.807) is 19.1 Å². The molecule has 1 atom stereocenters. The van der Waals surface area contributed by atoms with E-state index in [1.165, 1.54) is 5.56 Å². The summed E-state index contributed by atoms with van der Waals surface area (Å²) in [5.41, 5.74) is 2.92. The first kappa shape index (κ1) is 15.5. The van der Waals surface area contributed by atoms with Gasteiger partial charge in [0.1, 0.15) is 0 Å². The zero-order chi connectivity index (χ0) is 15.4. The van der Waals surface area contributed by atoms with E-state index in [1.807, 2.05) is 18.2 Å². The average molecular weight is 349 g/mol. The minimum absolute atomic E-state index is 0.128. The third-order valence-corrected chi connectivity index (χ3v) is 4.11. The fourth-order valence-corrected chi connectivity index (χ4v) is 2.64. The molecule has 0 saturated heterocycles. The molecule has 1 N–H and O–H groups in total. The molecule has 0 radical (unpaired) electrons. The topological polar surface area (TPSA) is 55.2 Å². The van der Waals surface area contributed by atoms with Crippen molar-refractivity contribution in [1.29, 1.82) is 0 Å². The van der Waals surface area contributed by atoms with Crippen LogP contribution in [0, 0.1) is 17.0 Å². The van der Waals surface area contributed by atoms with Crippen molar-refractivity contribution in [3.63, 3.8) is 0 Å². The molecule has 1 unspecified atom stereocenters. The molecule has 5 heteroatoms. The molecule has 0 aliphatic carbocycles. The van der Waals surface area contributed by atoms with E-state index in [2.05, 4.69) is 40.3 Å². The van der Waals surface area contributed by atoms with Gasteiger partial charge in [-0.1, -0.05) is 37.3 Å². The van der Waals surface area contributed by atoms with Gasteiger partial charge >= 0.3 is 0 Å². The minimum Gasteiger partial charge on any atom is -0.384 e. The molecule has 2 aromatic rings. The van der Waals surface area contributed by atoms with Gasteiger partial charge in [0, 0.05) is 28.3 Å². The Kier molecular flexibility index (Phi) is 4.96. The molecule has 0 fully saturated rings. The first-order valence-corrected chi connectivity index (χ1v) is 7.51. The number of halogens is 1. The van der Waals surface area contributed by atoms with Gasteiger partial charge in [0.15, 0.2) is 0 Å². The van der Waals surface area contributed by atoms with Gasteiger partial charge in [0.05, 0.1) is 4.92 Å². The molecule has 0 amide bonds. The van der Waals surface area contributed by atoms with E-state index in [-0.39, 0.29) is 10.6 Å². The lowest BCUT2D eigenvalue weighted by Gasteiger charge is -2.15. The predicted molar refractivity (Wildman–Crippen MR) is 88.9 cm³/mol. The van der Waals surface area contributed by atoms with Gasteiger partial charge in [0.25, 0.3) is 5.69 Å². The number of benzene rings is 2. The summed E-state index contributed by atoms with van der Waals surface area (Å²) in [6, 6.07) is 13.6. The van der Waals surface area contributed by atoms with Crippen molar-refractivity contribution in [2.45, 2.75) is 19.8 Å². The molecule has 0 aliphatic heterocycles. The summed E-state index contributed by atoms with van der Waals surface area (Å²) in [5.74, 6) is 0.355. The Labute approximate surface area is 132 Å². The van der Waals surface area contributed by atoms with Crippen LogP contribution in [0.1, 0.15) is 24.0 Å². The van der Waals surface area contributed by atoms with Gasteiger partial charge in [0.2, 0.25) is 0 Å². The summed E-state index contributed by atoms with van der Waals surface area (Å²) in [7, 11) is 0. The lowest BCUT2D eigenvalue weighted by molar-refractivity contribution is -0.385. The van der Waals surface area contributed by atoms with Crippen molar-refractivity contribution in [3.05, 3.63) is 68.2 Å². The van der Waals surface area contributed by atoms with Crippen molar-refractivity contribution in [3.8, 4) is 0 Å². The zero-order valence-corrected chi connectivity index (χ0v) is 13.6. The maximum Gasteiger partial charge on any atom is 0.273 e. The van der Waals surface area contributed by atoms with E-state index >= 15 is 0 Å². The number of nitrogens with one attached hydrogen (secondary N) is 1. The van der Waals surface area contributed by atoms with Gasteiger partial charge in [-0.25, -0.2) is 0 Å². The number of nitro benzene ring substituents is 1. The third kappa shape index (κ3) is 3.82. The fourth-order valence-electron chi connectivity index (χ4n) is 2.17. The number of hydrogen-bond acceptors (Lipinski definition) is 3. The summed E-state index contributed by atoms with van der Waals surface area (Å²) in [6.07, 6.45) is 0. The Bertz CT molecular complexity index is 644. The summed E-state index contributed by atoms with van der Waals surface area (Å²) in [6.45, 7) is 4.66. The number of aryl methyl sites for hydroxylation is 1. The Hall–Kier alpha value is -1.88. The number of rotatable bonds is 5. The Morgan fingerprint density at radius 1 is 1.29 bits per heavy atom. The van der Waals surface area contributed by atoms with Crippen LogP contribution in [0.4, 0.5) is 11.4 Å². The van der Waals surface area contributed by atoms with Crippen LogP contribution in [0.25, 0.3) is 0 Å². The molecule has 0 heterocycles. The van der Waals surface area contributed by atoms with Crippen LogP contribution in [0.5, 0.6) is 0 Å². The molecule has 21 heavy (non-hydrogen) atoms. The lowest BCUT2D eigenvalue weighted by atomic mass is 10.0. The number of nitrogens with zero attached hydrogens (tertiary/aromatic N) is 1. The monoisotopic (exact) mass is 348 g/mol. The smallest absolute Gasteiger partial charge is 0.273 e.